The van der Waals surface area contributed by atoms with Crippen LogP contribution in [-0.4, -0.2) is 31.6 Å². The van der Waals surface area contributed by atoms with Crippen LogP contribution in [0.5, 0.6) is 11.5 Å². The maximum absolute atomic E-state index is 12.2. The van der Waals surface area contributed by atoms with E-state index in [1.54, 1.807) is 48.5 Å². The van der Waals surface area contributed by atoms with Gasteiger partial charge in [-0.2, -0.15) is 0 Å². The van der Waals surface area contributed by atoms with E-state index in [4.69, 9.17) is 9.47 Å². The summed E-state index contributed by atoms with van der Waals surface area (Å²) in [5, 5.41) is 8.56. The normalized spacial score (nSPS) is 10.1. The third-order valence-electron chi connectivity index (χ3n) is 4.16. The monoisotopic (exact) mass is 419 g/mol. The number of carbonyl (C=O) groups is 2. The van der Waals surface area contributed by atoms with Crippen molar-refractivity contribution in [3.8, 4) is 11.5 Å². The molecule has 0 saturated heterocycles. The fourth-order valence-electron chi connectivity index (χ4n) is 2.73. The van der Waals surface area contributed by atoms with Crippen LogP contribution >= 0.6 is 0 Å². The van der Waals surface area contributed by atoms with Gasteiger partial charge in [-0.05, 0) is 60.7 Å². The summed E-state index contributed by atoms with van der Waals surface area (Å²) in [7, 11) is 0. The molecule has 31 heavy (non-hydrogen) atoms. The van der Waals surface area contributed by atoms with Gasteiger partial charge in [-0.3, -0.25) is 9.59 Å². The summed E-state index contributed by atoms with van der Waals surface area (Å²) in [4.78, 5) is 23.2. The molecule has 0 aliphatic rings. The molecule has 3 rings (SSSR count). The Bertz CT molecular complexity index is 974. The second-order valence-electron chi connectivity index (χ2n) is 6.69. The molecular weight excluding hydrogens is 394 g/mol. The zero-order chi connectivity index (χ0) is 21.9. The van der Waals surface area contributed by atoms with Crippen LogP contribution in [0.4, 0.5) is 17.1 Å². The Morgan fingerprint density at radius 2 is 1.19 bits per heavy atom. The van der Waals surface area contributed by atoms with Crippen LogP contribution in [0.2, 0.25) is 0 Å². The molecule has 0 aromatic heterocycles. The van der Waals surface area contributed by atoms with Crippen LogP contribution in [0.1, 0.15) is 6.92 Å². The maximum atomic E-state index is 12.2. The molecule has 3 aromatic rings. The summed E-state index contributed by atoms with van der Waals surface area (Å²) in [6.07, 6.45) is 0. The number of hydrogen-bond acceptors (Lipinski definition) is 5. The van der Waals surface area contributed by atoms with E-state index >= 15 is 0 Å². The van der Waals surface area contributed by atoms with Gasteiger partial charge in [-0.1, -0.05) is 18.2 Å². The summed E-state index contributed by atoms with van der Waals surface area (Å²) in [5.41, 5.74) is 2.17. The van der Waals surface area contributed by atoms with E-state index in [9.17, 15) is 9.59 Å². The summed E-state index contributed by atoms with van der Waals surface area (Å²) < 4.78 is 11.2. The van der Waals surface area contributed by atoms with Crippen molar-refractivity contribution in [2.45, 2.75) is 6.92 Å². The molecule has 0 saturated carbocycles. The van der Waals surface area contributed by atoms with Crippen molar-refractivity contribution in [2.75, 3.05) is 35.7 Å². The minimum absolute atomic E-state index is 0.120. The van der Waals surface area contributed by atoms with Crippen molar-refractivity contribution in [3.05, 3.63) is 78.9 Å². The molecule has 0 radical (unpaired) electrons. The first-order chi connectivity index (χ1) is 15.1. The minimum atomic E-state index is -0.170. The van der Waals surface area contributed by atoms with Gasteiger partial charge in [0.2, 0.25) is 11.8 Å². The first-order valence-corrected chi connectivity index (χ1v) is 9.90. The molecule has 3 N–H and O–H groups in total. The molecule has 160 valence electrons. The molecule has 7 heteroatoms. The first kappa shape index (κ1) is 21.7. The van der Waals surface area contributed by atoms with Gasteiger partial charge in [-0.15, -0.1) is 0 Å². The highest BCUT2D eigenvalue weighted by atomic mass is 16.5. The molecule has 3 aromatic carbocycles. The van der Waals surface area contributed by atoms with Gasteiger partial charge in [-0.25, -0.2) is 0 Å². The van der Waals surface area contributed by atoms with Gasteiger partial charge in [0.25, 0.3) is 0 Å². The van der Waals surface area contributed by atoms with Crippen molar-refractivity contribution in [3.63, 3.8) is 0 Å². The van der Waals surface area contributed by atoms with Gasteiger partial charge in [0.05, 0.1) is 6.54 Å². The molecular formula is C24H25N3O4. The fraction of sp³-hybridized carbons (Fsp3) is 0.167. The molecule has 0 spiro atoms. The highest BCUT2D eigenvalue weighted by molar-refractivity contribution is 5.94. The lowest BCUT2D eigenvalue weighted by atomic mass is 10.2. The third-order valence-corrected chi connectivity index (χ3v) is 4.16. The predicted octanol–water partition coefficient (Wildman–Crippen LogP) is 4.15. The van der Waals surface area contributed by atoms with Gasteiger partial charge in [0.15, 0.2) is 0 Å². The van der Waals surface area contributed by atoms with E-state index in [2.05, 4.69) is 16.0 Å². The Morgan fingerprint density at radius 1 is 0.677 bits per heavy atom. The van der Waals surface area contributed by atoms with Crippen LogP contribution in [0, 0.1) is 0 Å². The van der Waals surface area contributed by atoms with Crippen molar-refractivity contribution in [1.29, 1.82) is 0 Å². The van der Waals surface area contributed by atoms with Crippen molar-refractivity contribution in [2.24, 2.45) is 0 Å². The Labute approximate surface area is 181 Å². The minimum Gasteiger partial charge on any atom is -0.490 e. The number of carbonyl (C=O) groups excluding carboxylic acids is 2. The highest BCUT2D eigenvalue weighted by Gasteiger charge is 2.04. The number of hydrogen-bond donors (Lipinski definition) is 3. The summed E-state index contributed by atoms with van der Waals surface area (Å²) in [6.45, 7) is 2.44. The van der Waals surface area contributed by atoms with E-state index in [1.807, 2.05) is 30.3 Å². The molecule has 7 nitrogen and oxygen atoms in total. The molecule has 0 aliphatic heterocycles. The Morgan fingerprint density at radius 3 is 1.81 bits per heavy atom. The van der Waals surface area contributed by atoms with Gasteiger partial charge >= 0.3 is 0 Å². The van der Waals surface area contributed by atoms with E-state index < -0.39 is 0 Å². The predicted molar refractivity (Wildman–Crippen MR) is 122 cm³/mol. The van der Waals surface area contributed by atoms with Crippen LogP contribution in [0.25, 0.3) is 0 Å². The van der Waals surface area contributed by atoms with Gasteiger partial charge < -0.3 is 25.4 Å². The van der Waals surface area contributed by atoms with E-state index in [1.165, 1.54) is 6.92 Å². The fourth-order valence-corrected chi connectivity index (χ4v) is 2.73. The lowest BCUT2D eigenvalue weighted by molar-refractivity contribution is -0.115. The smallest absolute Gasteiger partial charge is 0.243 e. The average molecular weight is 419 g/mol. The number of amides is 2. The Kier molecular flexibility index (Phi) is 7.88. The largest absolute Gasteiger partial charge is 0.490 e. The standard InChI is InChI=1S/C24H25N3O4/c1-18(28)26-20-9-7-19(8-10-20)25-17-24(29)27-21-11-13-23(14-12-21)31-16-15-30-22-5-3-2-4-6-22/h2-14,25H,15-17H2,1H3,(H,26,28)(H,27,29). The van der Waals surface area contributed by atoms with Crippen molar-refractivity contribution in [1.82, 2.24) is 0 Å². The lowest BCUT2D eigenvalue weighted by Gasteiger charge is -2.10. The molecule has 2 amide bonds. The zero-order valence-electron chi connectivity index (χ0n) is 17.3. The maximum Gasteiger partial charge on any atom is 0.243 e. The van der Waals surface area contributed by atoms with Crippen LogP contribution < -0.4 is 25.4 Å². The number of rotatable bonds is 10. The Hall–Kier alpha value is -4.00. The van der Waals surface area contributed by atoms with Gasteiger partial charge in [0, 0.05) is 24.0 Å². The quantitative estimate of drug-likeness (QED) is 0.430. The van der Waals surface area contributed by atoms with Gasteiger partial charge in [0.1, 0.15) is 24.7 Å². The highest BCUT2D eigenvalue weighted by Crippen LogP contribution is 2.17. The van der Waals surface area contributed by atoms with Crippen LogP contribution in [0.3, 0.4) is 0 Å². The summed E-state index contributed by atoms with van der Waals surface area (Å²) in [5.74, 6) is 1.21. The molecule has 0 unspecified atom stereocenters. The van der Waals surface area contributed by atoms with E-state index in [0.29, 0.717) is 30.3 Å². The summed E-state index contributed by atoms with van der Waals surface area (Å²) in [6, 6.07) is 23.9. The van der Waals surface area contributed by atoms with Crippen molar-refractivity contribution >= 4 is 28.9 Å². The topological polar surface area (TPSA) is 88.7 Å². The second kappa shape index (κ2) is 11.3. The molecule has 0 fully saturated rings. The molecule has 0 aliphatic carbocycles. The molecule has 0 bridgehead atoms. The number of benzene rings is 3. The van der Waals surface area contributed by atoms with Crippen LogP contribution in [0.15, 0.2) is 78.9 Å². The summed E-state index contributed by atoms with van der Waals surface area (Å²) >= 11 is 0. The van der Waals surface area contributed by atoms with E-state index in [-0.39, 0.29) is 18.4 Å². The average Bonchev–Trinajstić information content (AvgIpc) is 2.78. The Balaban J connectivity index is 1.36. The number of nitrogens with one attached hydrogen (secondary N) is 3. The SMILES string of the molecule is CC(=O)Nc1ccc(NCC(=O)Nc2ccc(OCCOc3ccccc3)cc2)cc1. The first-order valence-electron chi connectivity index (χ1n) is 9.90. The number of para-hydroxylation sites is 1. The van der Waals surface area contributed by atoms with Crippen molar-refractivity contribution < 1.29 is 19.1 Å². The van der Waals surface area contributed by atoms with Crippen LogP contribution in [-0.2, 0) is 9.59 Å². The zero-order valence-corrected chi connectivity index (χ0v) is 17.3. The number of ether oxygens (including phenoxy) is 2. The lowest BCUT2D eigenvalue weighted by Crippen LogP contribution is -2.21. The molecule has 0 heterocycles. The molecule has 0 atom stereocenters. The third kappa shape index (κ3) is 7.74. The van der Waals surface area contributed by atoms with E-state index in [0.717, 1.165) is 11.4 Å². The second-order valence-corrected chi connectivity index (χ2v) is 6.69. The number of anilines is 3.